The molecule has 0 radical (unpaired) electrons. The zero-order valence-corrected chi connectivity index (χ0v) is 10.9. The Morgan fingerprint density at radius 3 is 2.83 bits per heavy atom. The first kappa shape index (κ1) is 12.6. The number of carboxylic acid groups (broad SMARTS) is 1. The molecule has 0 bridgehead atoms. The molecule has 0 atom stereocenters. The van der Waals surface area contributed by atoms with Gasteiger partial charge in [-0.3, -0.25) is 0 Å². The van der Waals surface area contributed by atoms with Crippen molar-refractivity contribution in [1.29, 1.82) is 0 Å². The highest BCUT2D eigenvalue weighted by Gasteiger charge is 2.07. The fraction of sp³-hybridized carbons (Fsp3) is 0.250. The van der Waals surface area contributed by atoms with Crippen LogP contribution < -0.4 is 0 Å². The molecule has 0 saturated heterocycles. The molecule has 0 unspecified atom stereocenters. The Kier molecular flexibility index (Phi) is 3.66. The number of benzene rings is 1. The van der Waals surface area contributed by atoms with E-state index in [4.69, 9.17) is 5.11 Å². The van der Waals surface area contributed by atoms with Crippen LogP contribution in [0.15, 0.2) is 29.2 Å². The largest absolute Gasteiger partial charge is 0.478 e. The van der Waals surface area contributed by atoms with Crippen LogP contribution in [0.1, 0.15) is 22.0 Å². The van der Waals surface area contributed by atoms with Crippen LogP contribution in [0.5, 0.6) is 0 Å². The van der Waals surface area contributed by atoms with Gasteiger partial charge in [-0.2, -0.15) is 0 Å². The second-order valence-corrected chi connectivity index (χ2v) is 4.89. The molecule has 1 aromatic carbocycles. The zero-order chi connectivity index (χ0) is 13.1. The molecule has 5 nitrogen and oxygen atoms in total. The second kappa shape index (κ2) is 5.22. The lowest BCUT2D eigenvalue weighted by atomic mass is 10.2. The molecule has 1 aromatic heterocycles. The van der Waals surface area contributed by atoms with Gasteiger partial charge in [-0.1, -0.05) is 6.07 Å². The zero-order valence-electron chi connectivity index (χ0n) is 10.1. The van der Waals surface area contributed by atoms with Crippen LogP contribution in [-0.4, -0.2) is 25.8 Å². The molecule has 2 aromatic rings. The maximum atomic E-state index is 10.8. The Hall–Kier alpha value is -1.82. The van der Waals surface area contributed by atoms with Gasteiger partial charge in [0.05, 0.1) is 11.3 Å². The molecule has 0 fully saturated rings. The van der Waals surface area contributed by atoms with Gasteiger partial charge in [0.2, 0.25) is 0 Å². The molecule has 1 N–H and O–H groups in total. The molecule has 0 aliphatic rings. The predicted molar refractivity (Wildman–Crippen MR) is 68.7 cm³/mol. The van der Waals surface area contributed by atoms with Crippen molar-refractivity contribution in [3.8, 4) is 0 Å². The van der Waals surface area contributed by atoms with Crippen molar-refractivity contribution in [1.82, 2.24) is 14.8 Å². The summed E-state index contributed by atoms with van der Waals surface area (Å²) < 4.78 is 1.92. The standard InChI is InChI=1S/C12H13N3O2S/c1-8-13-14-11(15(8)2)7-18-10-5-3-4-9(6-10)12(16)17/h3-6H,7H2,1-2H3,(H,16,17). The van der Waals surface area contributed by atoms with Gasteiger partial charge < -0.3 is 9.67 Å². The Labute approximate surface area is 109 Å². The van der Waals surface area contributed by atoms with Crippen molar-refractivity contribution in [2.24, 2.45) is 7.05 Å². The van der Waals surface area contributed by atoms with E-state index < -0.39 is 5.97 Å². The van der Waals surface area contributed by atoms with Crippen LogP contribution in [0, 0.1) is 6.92 Å². The van der Waals surface area contributed by atoms with Crippen LogP contribution in [0.2, 0.25) is 0 Å². The lowest BCUT2D eigenvalue weighted by molar-refractivity contribution is 0.0696. The SMILES string of the molecule is Cc1nnc(CSc2cccc(C(=O)O)c2)n1C. The van der Waals surface area contributed by atoms with Crippen LogP contribution in [0.3, 0.4) is 0 Å². The average Bonchev–Trinajstić information content (AvgIpc) is 2.68. The third-order valence-electron chi connectivity index (χ3n) is 2.63. The summed E-state index contributed by atoms with van der Waals surface area (Å²) in [5, 5.41) is 16.9. The van der Waals surface area contributed by atoms with E-state index in [1.807, 2.05) is 24.6 Å². The van der Waals surface area contributed by atoms with Crippen LogP contribution in [0.4, 0.5) is 0 Å². The minimum atomic E-state index is -0.910. The van der Waals surface area contributed by atoms with Crippen molar-refractivity contribution in [3.05, 3.63) is 41.5 Å². The van der Waals surface area contributed by atoms with E-state index in [2.05, 4.69) is 10.2 Å². The quantitative estimate of drug-likeness (QED) is 0.856. The molecule has 1 heterocycles. The molecule has 0 aliphatic carbocycles. The number of aromatic carboxylic acids is 1. The number of carbonyl (C=O) groups is 1. The van der Waals surface area contributed by atoms with E-state index in [1.165, 1.54) is 0 Å². The fourth-order valence-electron chi connectivity index (χ4n) is 1.44. The van der Waals surface area contributed by atoms with Crippen molar-refractivity contribution >= 4 is 17.7 Å². The number of aromatic nitrogens is 3. The van der Waals surface area contributed by atoms with E-state index in [0.29, 0.717) is 11.3 Å². The molecule has 0 saturated carbocycles. The lowest BCUT2D eigenvalue weighted by Gasteiger charge is -2.03. The number of rotatable bonds is 4. The van der Waals surface area contributed by atoms with E-state index in [9.17, 15) is 4.79 Å². The number of carboxylic acids is 1. The van der Waals surface area contributed by atoms with Gasteiger partial charge in [-0.25, -0.2) is 4.79 Å². The maximum Gasteiger partial charge on any atom is 0.335 e. The first-order valence-corrected chi connectivity index (χ1v) is 6.37. The van der Waals surface area contributed by atoms with Gasteiger partial charge in [-0.15, -0.1) is 22.0 Å². The van der Waals surface area contributed by atoms with Gasteiger partial charge in [0.15, 0.2) is 0 Å². The maximum absolute atomic E-state index is 10.8. The summed E-state index contributed by atoms with van der Waals surface area (Å²) >= 11 is 1.55. The minimum Gasteiger partial charge on any atom is -0.478 e. The first-order chi connectivity index (χ1) is 8.58. The van der Waals surface area contributed by atoms with Gasteiger partial charge in [0, 0.05) is 11.9 Å². The summed E-state index contributed by atoms with van der Waals surface area (Å²) in [6.07, 6.45) is 0. The molecular formula is C12H13N3O2S. The number of nitrogens with zero attached hydrogens (tertiary/aromatic N) is 3. The van der Waals surface area contributed by atoms with Crippen molar-refractivity contribution < 1.29 is 9.90 Å². The van der Waals surface area contributed by atoms with Gasteiger partial charge in [0.1, 0.15) is 11.6 Å². The Bertz CT molecular complexity index is 580. The molecule has 6 heteroatoms. The smallest absolute Gasteiger partial charge is 0.335 e. The highest BCUT2D eigenvalue weighted by atomic mass is 32.2. The molecule has 0 amide bonds. The summed E-state index contributed by atoms with van der Waals surface area (Å²) in [6.45, 7) is 1.90. The number of aryl methyl sites for hydroxylation is 1. The molecule has 0 aliphatic heterocycles. The summed E-state index contributed by atoms with van der Waals surface area (Å²) in [5.41, 5.74) is 0.300. The van der Waals surface area contributed by atoms with Crippen molar-refractivity contribution in [2.75, 3.05) is 0 Å². The summed E-state index contributed by atoms with van der Waals surface area (Å²) in [5.74, 6) is 1.50. The minimum absolute atomic E-state index is 0.300. The van der Waals surface area contributed by atoms with Crippen molar-refractivity contribution in [2.45, 2.75) is 17.6 Å². The second-order valence-electron chi connectivity index (χ2n) is 3.84. The molecule has 2 rings (SSSR count). The summed E-state index contributed by atoms with van der Waals surface area (Å²) in [4.78, 5) is 11.8. The average molecular weight is 263 g/mol. The van der Waals surface area contributed by atoms with Crippen LogP contribution in [-0.2, 0) is 12.8 Å². The number of thioether (sulfide) groups is 1. The molecular weight excluding hydrogens is 250 g/mol. The summed E-state index contributed by atoms with van der Waals surface area (Å²) in [7, 11) is 1.92. The number of hydrogen-bond donors (Lipinski definition) is 1. The molecule has 94 valence electrons. The lowest BCUT2D eigenvalue weighted by Crippen LogP contribution is -1.98. The van der Waals surface area contributed by atoms with Crippen molar-refractivity contribution in [3.63, 3.8) is 0 Å². The third kappa shape index (κ3) is 2.70. The van der Waals surface area contributed by atoms with E-state index in [-0.39, 0.29) is 0 Å². The highest BCUT2D eigenvalue weighted by Crippen LogP contribution is 2.22. The van der Waals surface area contributed by atoms with Gasteiger partial charge >= 0.3 is 5.97 Å². The topological polar surface area (TPSA) is 68.0 Å². The predicted octanol–water partition coefficient (Wildman–Crippen LogP) is 2.11. The Balaban J connectivity index is 2.08. The molecule has 0 spiro atoms. The Morgan fingerprint density at radius 2 is 2.22 bits per heavy atom. The molecule has 18 heavy (non-hydrogen) atoms. The van der Waals surface area contributed by atoms with Crippen LogP contribution in [0.25, 0.3) is 0 Å². The fourth-order valence-corrected chi connectivity index (χ4v) is 2.38. The number of hydrogen-bond acceptors (Lipinski definition) is 4. The van der Waals surface area contributed by atoms with Gasteiger partial charge in [-0.05, 0) is 25.1 Å². The first-order valence-electron chi connectivity index (χ1n) is 5.39. The summed E-state index contributed by atoms with van der Waals surface area (Å²) in [6, 6.07) is 6.88. The van der Waals surface area contributed by atoms with E-state index >= 15 is 0 Å². The van der Waals surface area contributed by atoms with Gasteiger partial charge in [0.25, 0.3) is 0 Å². The monoisotopic (exact) mass is 263 g/mol. The van der Waals surface area contributed by atoms with E-state index in [1.54, 1.807) is 30.0 Å². The normalized spacial score (nSPS) is 10.6. The van der Waals surface area contributed by atoms with Crippen LogP contribution >= 0.6 is 11.8 Å². The van der Waals surface area contributed by atoms with E-state index in [0.717, 1.165) is 16.5 Å². The highest BCUT2D eigenvalue weighted by molar-refractivity contribution is 7.98. The third-order valence-corrected chi connectivity index (χ3v) is 3.62. The Morgan fingerprint density at radius 1 is 1.44 bits per heavy atom.